The molecule has 0 saturated carbocycles. The van der Waals surface area contributed by atoms with Crippen LogP contribution >= 0.6 is 11.6 Å². The maximum atomic E-state index is 13.1. The second kappa shape index (κ2) is 18.9. The number of halogens is 1. The molecular formula is C27H35ClN4O10. The third-order valence-corrected chi connectivity index (χ3v) is 5.68. The van der Waals surface area contributed by atoms with Crippen molar-refractivity contribution in [3.8, 4) is 0 Å². The van der Waals surface area contributed by atoms with E-state index in [1.54, 1.807) is 38.1 Å². The number of rotatable bonds is 13. The van der Waals surface area contributed by atoms with Crippen molar-refractivity contribution in [3.63, 3.8) is 0 Å². The number of methoxy groups -OCH3 is 1. The van der Waals surface area contributed by atoms with Gasteiger partial charge in [-0.2, -0.15) is 0 Å². The van der Waals surface area contributed by atoms with Crippen LogP contribution in [0.4, 0.5) is 4.79 Å². The normalized spacial score (nSPS) is 14.4. The van der Waals surface area contributed by atoms with E-state index in [-0.39, 0.29) is 43.5 Å². The molecule has 42 heavy (non-hydrogen) atoms. The molecule has 1 atom stereocenters. The second-order valence-corrected chi connectivity index (χ2v) is 8.66. The SMILES string of the molecule is CCOC(=O)C1=C(COCCNC(=O)NCCN)NC(C)=C(C(=O)OC)C1c1ccccc1Cl.O=C(O)/C=C\C(=O)O. The van der Waals surface area contributed by atoms with Crippen molar-refractivity contribution < 1.29 is 48.4 Å². The van der Waals surface area contributed by atoms with Crippen LogP contribution in [0.5, 0.6) is 0 Å². The van der Waals surface area contributed by atoms with Gasteiger partial charge >= 0.3 is 29.9 Å². The first-order valence-corrected chi connectivity index (χ1v) is 13.0. The zero-order chi connectivity index (χ0) is 31.7. The molecule has 7 N–H and O–H groups in total. The Kier molecular flexibility index (Phi) is 16.0. The molecule has 0 spiro atoms. The quantitative estimate of drug-likeness (QED) is 0.106. The molecule has 0 radical (unpaired) electrons. The van der Waals surface area contributed by atoms with E-state index in [0.29, 0.717) is 47.2 Å². The number of aliphatic carboxylic acids is 2. The monoisotopic (exact) mass is 610 g/mol. The zero-order valence-electron chi connectivity index (χ0n) is 23.4. The van der Waals surface area contributed by atoms with Gasteiger partial charge in [0.25, 0.3) is 0 Å². The van der Waals surface area contributed by atoms with Crippen LogP contribution in [0, 0.1) is 0 Å². The number of carbonyl (C=O) groups excluding carboxylic acids is 3. The van der Waals surface area contributed by atoms with Crippen molar-refractivity contribution in [2.45, 2.75) is 19.8 Å². The molecule has 0 fully saturated rings. The summed E-state index contributed by atoms with van der Waals surface area (Å²) in [4.78, 5) is 56.5. The van der Waals surface area contributed by atoms with Gasteiger partial charge in [0, 0.05) is 42.5 Å². The van der Waals surface area contributed by atoms with Gasteiger partial charge in [-0.1, -0.05) is 29.8 Å². The summed E-state index contributed by atoms with van der Waals surface area (Å²) < 4.78 is 16.0. The average molecular weight is 611 g/mol. The van der Waals surface area contributed by atoms with E-state index in [1.807, 2.05) is 0 Å². The lowest BCUT2D eigenvalue weighted by molar-refractivity contribution is -0.139. The first-order chi connectivity index (χ1) is 20.0. The molecule has 0 aliphatic carbocycles. The van der Waals surface area contributed by atoms with Crippen LogP contribution in [0.25, 0.3) is 0 Å². The van der Waals surface area contributed by atoms with Crippen molar-refractivity contribution in [2.24, 2.45) is 5.73 Å². The molecule has 1 aromatic rings. The Balaban J connectivity index is 0.000000962. The lowest BCUT2D eigenvalue weighted by Crippen LogP contribution is -2.39. The molecule has 1 unspecified atom stereocenters. The maximum Gasteiger partial charge on any atom is 0.336 e. The number of carboxylic acid groups (broad SMARTS) is 2. The Bertz CT molecular complexity index is 1210. The van der Waals surface area contributed by atoms with E-state index < -0.39 is 29.8 Å². The second-order valence-electron chi connectivity index (χ2n) is 8.26. The van der Waals surface area contributed by atoms with Crippen LogP contribution in [0.2, 0.25) is 5.02 Å². The number of allylic oxidation sites excluding steroid dienone is 1. The smallest absolute Gasteiger partial charge is 0.336 e. The number of urea groups is 1. The highest BCUT2D eigenvalue weighted by Gasteiger charge is 2.39. The van der Waals surface area contributed by atoms with E-state index in [9.17, 15) is 24.0 Å². The fourth-order valence-corrected chi connectivity index (χ4v) is 3.91. The summed E-state index contributed by atoms with van der Waals surface area (Å²) in [6.45, 7) is 4.68. The fraction of sp³-hybridized carbons (Fsp3) is 0.370. The summed E-state index contributed by atoms with van der Waals surface area (Å²) in [5.74, 6) is -4.53. The third kappa shape index (κ3) is 11.6. The number of nitrogens with one attached hydrogen (secondary N) is 3. The predicted molar refractivity (Wildman–Crippen MR) is 151 cm³/mol. The van der Waals surface area contributed by atoms with Gasteiger partial charge in [0.15, 0.2) is 0 Å². The summed E-state index contributed by atoms with van der Waals surface area (Å²) >= 11 is 6.47. The Morgan fingerprint density at radius 2 is 1.64 bits per heavy atom. The summed E-state index contributed by atoms with van der Waals surface area (Å²) in [5, 5.41) is 24.3. The van der Waals surface area contributed by atoms with Gasteiger partial charge in [-0.05, 0) is 25.5 Å². The van der Waals surface area contributed by atoms with Gasteiger partial charge in [-0.15, -0.1) is 0 Å². The minimum Gasteiger partial charge on any atom is -0.478 e. The van der Waals surface area contributed by atoms with Gasteiger partial charge in [-0.25, -0.2) is 24.0 Å². The number of carboxylic acids is 2. The molecule has 1 aromatic carbocycles. The van der Waals surface area contributed by atoms with Gasteiger partial charge < -0.3 is 46.1 Å². The van der Waals surface area contributed by atoms with Crippen LogP contribution in [0.15, 0.2) is 59.0 Å². The molecule has 1 aliphatic heterocycles. The Morgan fingerprint density at radius 1 is 1.02 bits per heavy atom. The predicted octanol–water partition coefficient (Wildman–Crippen LogP) is 1.28. The maximum absolute atomic E-state index is 13.1. The fourth-order valence-electron chi connectivity index (χ4n) is 3.66. The van der Waals surface area contributed by atoms with Gasteiger partial charge in [0.05, 0.1) is 49.7 Å². The first kappa shape index (κ1) is 35.6. The topological polar surface area (TPSA) is 216 Å². The van der Waals surface area contributed by atoms with E-state index in [0.717, 1.165) is 0 Å². The Hall–Kier alpha value is -4.40. The number of amides is 2. The number of esters is 2. The molecule has 0 aromatic heterocycles. The number of benzene rings is 1. The van der Waals surface area contributed by atoms with Gasteiger partial charge in [-0.3, -0.25) is 0 Å². The highest BCUT2D eigenvalue weighted by molar-refractivity contribution is 6.31. The minimum absolute atomic E-state index is 0.00694. The largest absolute Gasteiger partial charge is 0.478 e. The van der Waals surface area contributed by atoms with E-state index in [2.05, 4.69) is 16.0 Å². The average Bonchev–Trinajstić information content (AvgIpc) is 2.94. The number of dihydropyridines is 1. The lowest BCUT2D eigenvalue weighted by atomic mass is 9.80. The van der Waals surface area contributed by atoms with Crippen molar-refractivity contribution in [2.75, 3.05) is 46.6 Å². The highest BCUT2D eigenvalue weighted by atomic mass is 35.5. The standard InChI is InChI=1S/C23H31ClN4O6.C4H4O4/c1-4-34-22(30)20-17(13-33-12-11-27-23(31)26-10-9-25)28-14(2)18(21(29)32-3)19(20)15-7-5-6-8-16(15)24;5-3(6)1-2-4(7)8/h5-8,19,28H,4,9-13,25H2,1-3H3,(H2,26,27,31);1-2H,(H,5,6)(H,7,8)/b;2-1-. The summed E-state index contributed by atoms with van der Waals surface area (Å²) in [6, 6.07) is 6.61. The van der Waals surface area contributed by atoms with Crippen molar-refractivity contribution in [1.82, 2.24) is 16.0 Å². The van der Waals surface area contributed by atoms with Gasteiger partial charge in [0.1, 0.15) is 0 Å². The highest BCUT2D eigenvalue weighted by Crippen LogP contribution is 2.41. The van der Waals surface area contributed by atoms with E-state index >= 15 is 0 Å². The number of hydrogen-bond acceptors (Lipinski definition) is 10. The number of hydrogen-bond donors (Lipinski definition) is 6. The number of ether oxygens (including phenoxy) is 3. The Labute approximate surface area is 247 Å². The van der Waals surface area contributed by atoms with E-state index in [4.69, 9.17) is 41.8 Å². The van der Waals surface area contributed by atoms with Crippen molar-refractivity contribution in [3.05, 3.63) is 69.5 Å². The summed E-state index contributed by atoms with van der Waals surface area (Å²) in [5.41, 5.74) is 7.30. The number of carbonyl (C=O) groups is 5. The molecule has 0 bridgehead atoms. The molecule has 0 saturated heterocycles. The molecule has 15 heteroatoms. The van der Waals surface area contributed by atoms with Gasteiger partial charge in [0.2, 0.25) is 0 Å². The summed E-state index contributed by atoms with van der Waals surface area (Å²) in [7, 11) is 1.27. The lowest BCUT2D eigenvalue weighted by Gasteiger charge is -2.31. The molecule has 2 amide bonds. The third-order valence-electron chi connectivity index (χ3n) is 5.34. The van der Waals surface area contributed by atoms with Crippen LogP contribution < -0.4 is 21.7 Å². The van der Waals surface area contributed by atoms with E-state index in [1.165, 1.54) is 7.11 Å². The Morgan fingerprint density at radius 3 is 2.19 bits per heavy atom. The molecule has 1 heterocycles. The molecule has 230 valence electrons. The zero-order valence-corrected chi connectivity index (χ0v) is 24.2. The molecule has 14 nitrogen and oxygen atoms in total. The molecule has 1 aliphatic rings. The van der Waals surface area contributed by atoms with Crippen LogP contribution in [0.3, 0.4) is 0 Å². The minimum atomic E-state index is -1.26. The van der Waals surface area contributed by atoms with Crippen LogP contribution in [-0.4, -0.2) is 86.7 Å². The number of nitrogens with two attached hydrogens (primary N) is 1. The summed E-state index contributed by atoms with van der Waals surface area (Å²) in [6.07, 6.45) is 1.12. The van der Waals surface area contributed by atoms with Crippen LogP contribution in [-0.2, 0) is 33.4 Å². The molecule has 2 rings (SSSR count). The molecular weight excluding hydrogens is 576 g/mol. The first-order valence-electron chi connectivity index (χ1n) is 12.6. The van der Waals surface area contributed by atoms with Crippen LogP contribution in [0.1, 0.15) is 25.3 Å². The van der Waals surface area contributed by atoms with Crippen molar-refractivity contribution >= 4 is 41.5 Å². The van der Waals surface area contributed by atoms with Crippen molar-refractivity contribution in [1.29, 1.82) is 0 Å².